The highest BCUT2D eigenvalue weighted by molar-refractivity contribution is 7.45. The summed E-state index contributed by atoms with van der Waals surface area (Å²) in [6, 6.07) is 0. The maximum Gasteiger partial charge on any atom is 0.466 e. The Kier molecular flexibility index (Phi) is 26.3. The Morgan fingerprint density at radius 1 is 0.826 bits per heavy atom. The van der Waals surface area contributed by atoms with Gasteiger partial charge in [-0.2, -0.15) is 0 Å². The molecule has 0 amide bonds. The van der Waals surface area contributed by atoms with E-state index in [0.717, 1.165) is 19.4 Å². The number of hydrogen-bond acceptors (Lipinski definition) is 7. The highest BCUT2D eigenvalue weighted by Gasteiger charge is 2.00. The van der Waals surface area contributed by atoms with Gasteiger partial charge < -0.3 is 39.8 Å². The summed E-state index contributed by atoms with van der Waals surface area (Å²) in [5.41, 5.74) is 0. The summed E-state index contributed by atoms with van der Waals surface area (Å²) in [6.45, 7) is 5.28. The summed E-state index contributed by atoms with van der Waals surface area (Å²) in [4.78, 5) is 23.4. The Morgan fingerprint density at radius 3 is 1.48 bits per heavy atom. The second-order valence-corrected chi connectivity index (χ2v) is 5.24. The van der Waals surface area contributed by atoms with Gasteiger partial charge in [0.25, 0.3) is 0 Å². The van der Waals surface area contributed by atoms with E-state index in [1.54, 1.807) is 4.90 Å². The summed E-state index contributed by atoms with van der Waals surface area (Å²) in [6.07, 6.45) is 2.26. The van der Waals surface area contributed by atoms with Gasteiger partial charge in [-0.3, -0.25) is 4.90 Å². The molecule has 10 nitrogen and oxygen atoms in total. The number of aliphatic hydroxyl groups is 4. The first-order chi connectivity index (χ1) is 10.8. The molecule has 0 heterocycles. The molecule has 23 heavy (non-hydrogen) atoms. The molecule has 144 valence electrons. The monoisotopic (exact) mass is 365 g/mol. The number of rotatable bonds is 11. The van der Waals surface area contributed by atoms with Crippen molar-refractivity contribution >= 4 is 7.82 Å². The Morgan fingerprint density at radius 2 is 1.22 bits per heavy atom. The van der Waals surface area contributed by atoms with Crippen LogP contribution in [-0.2, 0) is 9.30 Å². The zero-order chi connectivity index (χ0) is 18.6. The van der Waals surface area contributed by atoms with E-state index in [9.17, 15) is 0 Å². The molecule has 0 aliphatic carbocycles. The lowest BCUT2D eigenvalue weighted by molar-refractivity contribution is 0.0904. The van der Waals surface area contributed by atoms with E-state index < -0.39 is 7.82 Å². The standard InChI is InChI=1S/C6H15NO3.C6H14O2.H3O4P/c8-4-1-7(2-5-9)3-6-10;1-2-3-5-8-6-4-7;1-5(2,3)4/h8-10H,1-6H2;7H,2-6H2,1H3;(H3,1,2,3,4). The zero-order valence-electron chi connectivity index (χ0n) is 13.6. The first kappa shape index (κ1) is 27.7. The van der Waals surface area contributed by atoms with Crippen LogP contribution in [0.25, 0.3) is 0 Å². The predicted octanol–water partition coefficient (Wildman–Crippen LogP) is -1.87. The fourth-order valence-corrected chi connectivity index (χ4v) is 1.17. The molecule has 0 radical (unpaired) electrons. The van der Waals surface area contributed by atoms with Crippen molar-refractivity contribution in [3.8, 4) is 0 Å². The van der Waals surface area contributed by atoms with Gasteiger partial charge in [0.1, 0.15) is 0 Å². The molecule has 0 fully saturated rings. The highest BCUT2D eigenvalue weighted by Crippen LogP contribution is 2.25. The van der Waals surface area contributed by atoms with Crippen molar-refractivity contribution in [2.45, 2.75) is 19.8 Å². The minimum atomic E-state index is -4.64. The minimum Gasteiger partial charge on any atom is -0.395 e. The summed E-state index contributed by atoms with van der Waals surface area (Å²) >= 11 is 0. The van der Waals surface area contributed by atoms with Crippen LogP contribution in [0, 0.1) is 0 Å². The van der Waals surface area contributed by atoms with Gasteiger partial charge in [-0.15, -0.1) is 0 Å². The van der Waals surface area contributed by atoms with Gasteiger partial charge >= 0.3 is 7.82 Å². The summed E-state index contributed by atoms with van der Waals surface area (Å²) in [5, 5.41) is 33.7. The maximum absolute atomic E-state index is 8.88. The molecule has 7 N–H and O–H groups in total. The van der Waals surface area contributed by atoms with Crippen molar-refractivity contribution in [1.82, 2.24) is 4.90 Å². The quantitative estimate of drug-likeness (QED) is 0.162. The summed E-state index contributed by atoms with van der Waals surface area (Å²) in [7, 11) is -4.64. The van der Waals surface area contributed by atoms with Gasteiger partial charge in [0, 0.05) is 26.2 Å². The molecule has 11 heteroatoms. The largest absolute Gasteiger partial charge is 0.466 e. The molecule has 0 saturated heterocycles. The fraction of sp³-hybridized carbons (Fsp3) is 1.00. The van der Waals surface area contributed by atoms with Crippen LogP contribution in [0.1, 0.15) is 19.8 Å². The topological polar surface area (TPSA) is 171 Å². The van der Waals surface area contributed by atoms with Gasteiger partial charge in [-0.1, -0.05) is 13.3 Å². The first-order valence-corrected chi connectivity index (χ1v) is 8.85. The molecule has 0 aromatic rings. The van der Waals surface area contributed by atoms with Crippen LogP contribution in [0.5, 0.6) is 0 Å². The normalized spacial score (nSPS) is 10.7. The number of ether oxygens (including phenoxy) is 1. The van der Waals surface area contributed by atoms with Crippen LogP contribution in [0.15, 0.2) is 0 Å². The van der Waals surface area contributed by atoms with Crippen LogP contribution in [-0.4, -0.2) is 99.3 Å². The molecule has 0 spiro atoms. The number of hydrogen-bond donors (Lipinski definition) is 7. The van der Waals surface area contributed by atoms with Crippen molar-refractivity contribution in [3.63, 3.8) is 0 Å². The molecule has 0 aromatic carbocycles. The smallest absolute Gasteiger partial charge is 0.395 e. The number of unbranched alkanes of at least 4 members (excludes halogenated alkanes) is 1. The average molecular weight is 365 g/mol. The fourth-order valence-electron chi connectivity index (χ4n) is 1.17. The predicted molar refractivity (Wildman–Crippen MR) is 84.8 cm³/mol. The third-order valence-corrected chi connectivity index (χ3v) is 2.13. The van der Waals surface area contributed by atoms with Crippen molar-refractivity contribution in [2.75, 3.05) is 59.3 Å². The molecule has 0 aliphatic heterocycles. The molecule has 0 rings (SSSR count). The van der Waals surface area contributed by atoms with E-state index in [1.807, 2.05) is 0 Å². The Hall–Kier alpha value is -0.130. The second-order valence-electron chi connectivity index (χ2n) is 4.22. The van der Waals surface area contributed by atoms with E-state index in [-0.39, 0.29) is 26.4 Å². The van der Waals surface area contributed by atoms with Crippen molar-refractivity contribution < 1.29 is 44.4 Å². The summed E-state index contributed by atoms with van der Waals surface area (Å²) < 4.78 is 13.9. The van der Waals surface area contributed by atoms with Gasteiger partial charge in [0.05, 0.1) is 33.0 Å². The molecular weight excluding hydrogens is 333 g/mol. The van der Waals surface area contributed by atoms with Crippen molar-refractivity contribution in [1.29, 1.82) is 0 Å². The molecule has 0 unspecified atom stereocenters. The second kappa shape index (κ2) is 21.9. The number of nitrogens with zero attached hydrogens (tertiary/aromatic N) is 1. The van der Waals surface area contributed by atoms with Gasteiger partial charge in [0.15, 0.2) is 0 Å². The van der Waals surface area contributed by atoms with Crippen LogP contribution >= 0.6 is 7.82 Å². The van der Waals surface area contributed by atoms with Gasteiger partial charge in [-0.05, 0) is 6.42 Å². The average Bonchev–Trinajstić information content (AvgIpc) is 2.44. The lowest BCUT2D eigenvalue weighted by Gasteiger charge is -2.17. The minimum absolute atomic E-state index is 0.0694. The van der Waals surface area contributed by atoms with Gasteiger partial charge in [-0.25, -0.2) is 4.57 Å². The van der Waals surface area contributed by atoms with Crippen molar-refractivity contribution in [2.24, 2.45) is 0 Å². The maximum atomic E-state index is 8.88. The lowest BCUT2D eigenvalue weighted by atomic mass is 10.4. The third kappa shape index (κ3) is 44.9. The van der Waals surface area contributed by atoms with Crippen molar-refractivity contribution in [3.05, 3.63) is 0 Å². The summed E-state index contributed by atoms with van der Waals surface area (Å²) in [5.74, 6) is 0. The Labute approximate surface area is 137 Å². The lowest BCUT2D eigenvalue weighted by Crippen LogP contribution is -2.32. The Bertz CT molecular complexity index is 224. The molecule has 0 aromatic heterocycles. The van der Waals surface area contributed by atoms with E-state index in [1.165, 1.54) is 0 Å². The SMILES string of the molecule is CCCCOCCO.O=P(O)(O)O.OCCN(CCO)CCO. The Balaban J connectivity index is -0.000000276. The van der Waals surface area contributed by atoms with E-state index in [0.29, 0.717) is 26.2 Å². The van der Waals surface area contributed by atoms with E-state index in [4.69, 9.17) is 44.4 Å². The molecule has 0 saturated carbocycles. The molecule has 0 bridgehead atoms. The first-order valence-electron chi connectivity index (χ1n) is 7.28. The zero-order valence-corrected chi connectivity index (χ0v) is 14.5. The van der Waals surface area contributed by atoms with Crippen LogP contribution in [0.4, 0.5) is 0 Å². The van der Waals surface area contributed by atoms with E-state index >= 15 is 0 Å². The molecular formula is C12H32NO9P. The highest BCUT2D eigenvalue weighted by atomic mass is 31.2. The molecule has 0 atom stereocenters. The molecule has 0 aliphatic rings. The number of aliphatic hydroxyl groups excluding tert-OH is 4. The third-order valence-electron chi connectivity index (χ3n) is 2.13. The number of phosphoric acid groups is 1. The van der Waals surface area contributed by atoms with Crippen LogP contribution < -0.4 is 0 Å². The van der Waals surface area contributed by atoms with Crippen LogP contribution in [0.2, 0.25) is 0 Å². The van der Waals surface area contributed by atoms with Gasteiger partial charge in [0.2, 0.25) is 0 Å². The van der Waals surface area contributed by atoms with Crippen LogP contribution in [0.3, 0.4) is 0 Å². The van der Waals surface area contributed by atoms with E-state index in [2.05, 4.69) is 6.92 Å².